The second-order valence-corrected chi connectivity index (χ2v) is 7.18. The predicted octanol–water partition coefficient (Wildman–Crippen LogP) is 2.78. The number of carbonyl (C=O) groups excluding carboxylic acids is 1. The van der Waals surface area contributed by atoms with Crippen LogP contribution in [0, 0.1) is 0 Å². The van der Waals surface area contributed by atoms with Gasteiger partial charge in [-0.2, -0.15) is 0 Å². The third-order valence-electron chi connectivity index (χ3n) is 5.23. The lowest BCUT2D eigenvalue weighted by molar-refractivity contribution is 0.0674. The normalized spacial score (nSPS) is 16.7. The number of carbonyl (C=O) groups is 1. The molecule has 0 aliphatic carbocycles. The molecule has 0 radical (unpaired) electrons. The number of para-hydroxylation sites is 1. The van der Waals surface area contributed by atoms with Crippen molar-refractivity contribution in [3.05, 3.63) is 66.2 Å². The second-order valence-electron chi connectivity index (χ2n) is 7.18. The highest BCUT2D eigenvalue weighted by Crippen LogP contribution is 2.32. The number of piperazine rings is 1. The minimum absolute atomic E-state index is 0.0117. The zero-order valence-corrected chi connectivity index (χ0v) is 16.2. The summed E-state index contributed by atoms with van der Waals surface area (Å²) in [6.45, 7) is 3.89. The highest BCUT2D eigenvalue weighted by molar-refractivity contribution is 5.94. The molecule has 1 amide bonds. The van der Waals surface area contributed by atoms with Crippen molar-refractivity contribution in [3.63, 3.8) is 0 Å². The summed E-state index contributed by atoms with van der Waals surface area (Å²) in [6.07, 6.45) is 0. The first-order valence-electron chi connectivity index (χ1n) is 9.57. The molecular formula is C22H23N5O2. The molecule has 2 heterocycles. The molecule has 3 N–H and O–H groups in total. The zero-order chi connectivity index (χ0) is 20.4. The molecule has 29 heavy (non-hydrogen) atoms. The molecule has 4 rings (SSSR count). The summed E-state index contributed by atoms with van der Waals surface area (Å²) < 4.78 is 0. The third kappa shape index (κ3) is 3.71. The number of benzene rings is 2. The van der Waals surface area contributed by atoms with Gasteiger partial charge in [0.15, 0.2) is 5.82 Å². The number of nitrogens with zero attached hydrogens (tertiary/aromatic N) is 4. The van der Waals surface area contributed by atoms with Gasteiger partial charge in [0, 0.05) is 36.8 Å². The maximum absolute atomic E-state index is 12.8. The molecule has 1 unspecified atom stereocenters. The molecule has 1 atom stereocenters. The van der Waals surface area contributed by atoms with E-state index in [0.29, 0.717) is 42.3 Å². The van der Waals surface area contributed by atoms with Gasteiger partial charge in [0.2, 0.25) is 0 Å². The standard InChI is InChI=1S/C22H23N5O2/c1-15-14-26(11-12-27(15)22(29)16-7-3-2-4-8-16)19-13-18(24-25-21(19)23)17-9-5-6-10-20(17)28/h2-10,13,15,28H,11-12,14H2,1H3,(H2,23,25). The summed E-state index contributed by atoms with van der Waals surface area (Å²) in [6, 6.07) is 18.2. The van der Waals surface area contributed by atoms with E-state index in [0.717, 1.165) is 5.69 Å². The number of anilines is 2. The van der Waals surface area contributed by atoms with Crippen molar-refractivity contribution in [2.24, 2.45) is 0 Å². The topological polar surface area (TPSA) is 95.6 Å². The van der Waals surface area contributed by atoms with Crippen LogP contribution < -0.4 is 10.6 Å². The van der Waals surface area contributed by atoms with Crippen molar-refractivity contribution in [1.82, 2.24) is 15.1 Å². The molecule has 7 heteroatoms. The summed E-state index contributed by atoms with van der Waals surface area (Å²) in [5, 5.41) is 18.4. The highest BCUT2D eigenvalue weighted by Gasteiger charge is 2.29. The van der Waals surface area contributed by atoms with Gasteiger partial charge in [0.1, 0.15) is 5.75 Å². The fraction of sp³-hybridized carbons (Fsp3) is 0.227. The Kier molecular flexibility index (Phi) is 5.03. The first-order valence-corrected chi connectivity index (χ1v) is 9.57. The first kappa shape index (κ1) is 18.7. The van der Waals surface area contributed by atoms with Gasteiger partial charge in [-0.3, -0.25) is 4.79 Å². The average molecular weight is 389 g/mol. The SMILES string of the molecule is CC1CN(c2cc(-c3ccccc3O)nnc2N)CCN1C(=O)c1ccccc1. The molecule has 0 bridgehead atoms. The van der Waals surface area contributed by atoms with Gasteiger partial charge >= 0.3 is 0 Å². The number of aromatic hydroxyl groups is 1. The molecule has 2 aromatic carbocycles. The number of nitrogens with two attached hydrogens (primary N) is 1. The van der Waals surface area contributed by atoms with Gasteiger partial charge in [-0.15, -0.1) is 10.2 Å². The van der Waals surface area contributed by atoms with Crippen LogP contribution in [0.3, 0.4) is 0 Å². The molecule has 148 valence electrons. The molecule has 1 aromatic heterocycles. The Labute approximate surface area is 169 Å². The number of hydrogen-bond donors (Lipinski definition) is 2. The van der Waals surface area contributed by atoms with Crippen molar-refractivity contribution in [1.29, 1.82) is 0 Å². The number of amides is 1. The van der Waals surface area contributed by atoms with Crippen LogP contribution in [0.4, 0.5) is 11.5 Å². The van der Waals surface area contributed by atoms with Crippen molar-refractivity contribution in [3.8, 4) is 17.0 Å². The van der Waals surface area contributed by atoms with Crippen LogP contribution in [0.5, 0.6) is 5.75 Å². The van der Waals surface area contributed by atoms with E-state index in [-0.39, 0.29) is 17.7 Å². The minimum atomic E-state index is 0.0117. The Morgan fingerprint density at radius 3 is 2.52 bits per heavy atom. The second kappa shape index (κ2) is 7.79. The van der Waals surface area contributed by atoms with Crippen molar-refractivity contribution in [2.75, 3.05) is 30.3 Å². The van der Waals surface area contributed by atoms with Crippen molar-refractivity contribution >= 4 is 17.4 Å². The van der Waals surface area contributed by atoms with E-state index >= 15 is 0 Å². The number of hydrogen-bond acceptors (Lipinski definition) is 6. The summed E-state index contributed by atoms with van der Waals surface area (Å²) in [5.41, 5.74) is 8.73. The summed E-state index contributed by atoms with van der Waals surface area (Å²) >= 11 is 0. The Balaban J connectivity index is 1.56. The van der Waals surface area contributed by atoms with E-state index in [1.807, 2.05) is 54.3 Å². The predicted molar refractivity (Wildman–Crippen MR) is 113 cm³/mol. The smallest absolute Gasteiger partial charge is 0.254 e. The highest BCUT2D eigenvalue weighted by atomic mass is 16.3. The number of nitrogen functional groups attached to an aromatic ring is 1. The monoisotopic (exact) mass is 389 g/mol. The molecule has 1 fully saturated rings. The van der Waals surface area contributed by atoms with Gasteiger partial charge in [0.25, 0.3) is 5.91 Å². The molecule has 0 saturated carbocycles. The summed E-state index contributed by atoms with van der Waals surface area (Å²) in [4.78, 5) is 16.8. The largest absolute Gasteiger partial charge is 0.507 e. The Morgan fingerprint density at radius 1 is 1.07 bits per heavy atom. The average Bonchev–Trinajstić information content (AvgIpc) is 2.75. The summed E-state index contributed by atoms with van der Waals surface area (Å²) in [5.74, 6) is 0.511. The lowest BCUT2D eigenvalue weighted by Gasteiger charge is -2.41. The third-order valence-corrected chi connectivity index (χ3v) is 5.23. The van der Waals surface area contributed by atoms with Crippen LogP contribution in [-0.4, -0.2) is 51.8 Å². The van der Waals surface area contributed by atoms with Gasteiger partial charge in [-0.05, 0) is 37.3 Å². The van der Waals surface area contributed by atoms with Gasteiger partial charge in [0.05, 0.1) is 11.4 Å². The number of aromatic nitrogens is 2. The van der Waals surface area contributed by atoms with E-state index in [2.05, 4.69) is 15.1 Å². The minimum Gasteiger partial charge on any atom is -0.507 e. The number of rotatable bonds is 3. The van der Waals surface area contributed by atoms with Gasteiger partial charge in [-0.1, -0.05) is 30.3 Å². The van der Waals surface area contributed by atoms with Gasteiger partial charge < -0.3 is 20.6 Å². The van der Waals surface area contributed by atoms with Crippen molar-refractivity contribution < 1.29 is 9.90 Å². The van der Waals surface area contributed by atoms with Crippen LogP contribution in [0.1, 0.15) is 17.3 Å². The molecule has 3 aromatic rings. The molecule has 0 spiro atoms. The van der Waals surface area contributed by atoms with Crippen LogP contribution in [-0.2, 0) is 0 Å². The molecular weight excluding hydrogens is 366 g/mol. The molecule has 1 aliphatic rings. The molecule has 1 aliphatic heterocycles. The maximum Gasteiger partial charge on any atom is 0.254 e. The Bertz CT molecular complexity index is 1020. The van der Waals surface area contributed by atoms with E-state index < -0.39 is 0 Å². The number of phenols is 1. The molecule has 1 saturated heterocycles. The maximum atomic E-state index is 12.8. The van der Waals surface area contributed by atoms with E-state index in [1.165, 1.54) is 0 Å². The summed E-state index contributed by atoms with van der Waals surface area (Å²) in [7, 11) is 0. The van der Waals surface area contributed by atoms with E-state index in [9.17, 15) is 9.90 Å². The van der Waals surface area contributed by atoms with E-state index in [1.54, 1.807) is 18.2 Å². The van der Waals surface area contributed by atoms with Crippen molar-refractivity contribution in [2.45, 2.75) is 13.0 Å². The molecule has 7 nitrogen and oxygen atoms in total. The van der Waals surface area contributed by atoms with Crippen LogP contribution >= 0.6 is 0 Å². The fourth-order valence-corrected chi connectivity index (χ4v) is 3.69. The lowest BCUT2D eigenvalue weighted by atomic mass is 10.1. The lowest BCUT2D eigenvalue weighted by Crippen LogP contribution is -2.54. The van der Waals surface area contributed by atoms with Gasteiger partial charge in [-0.25, -0.2) is 0 Å². The fourth-order valence-electron chi connectivity index (χ4n) is 3.69. The van der Waals surface area contributed by atoms with Crippen LogP contribution in [0.2, 0.25) is 0 Å². The van der Waals surface area contributed by atoms with E-state index in [4.69, 9.17) is 5.73 Å². The zero-order valence-electron chi connectivity index (χ0n) is 16.2. The Morgan fingerprint density at radius 2 is 1.79 bits per heavy atom. The number of phenolic OH excluding ortho intramolecular Hbond substituents is 1. The first-order chi connectivity index (χ1) is 14.0. The Hall–Kier alpha value is -3.61. The quantitative estimate of drug-likeness (QED) is 0.715. The van der Waals surface area contributed by atoms with Crippen LogP contribution in [0.25, 0.3) is 11.3 Å². The van der Waals surface area contributed by atoms with Crippen LogP contribution in [0.15, 0.2) is 60.7 Å².